The van der Waals surface area contributed by atoms with Crippen LogP contribution in [-0.4, -0.2) is 26.8 Å². The van der Waals surface area contributed by atoms with Crippen molar-refractivity contribution in [3.8, 4) is 11.5 Å². The van der Waals surface area contributed by atoms with Gasteiger partial charge in [-0.2, -0.15) is 0 Å². The van der Waals surface area contributed by atoms with Crippen molar-refractivity contribution in [1.29, 1.82) is 0 Å². The molecule has 0 amide bonds. The summed E-state index contributed by atoms with van der Waals surface area (Å²) in [4.78, 5) is 0. The number of benzene rings is 1. The number of nitrogens with two attached hydrogens (primary N) is 1. The van der Waals surface area contributed by atoms with E-state index in [9.17, 15) is 0 Å². The van der Waals surface area contributed by atoms with Gasteiger partial charge in [0.15, 0.2) is 11.5 Å². The molecule has 1 aromatic carbocycles. The lowest BCUT2D eigenvalue weighted by Gasteiger charge is -2.23. The molecule has 2 rings (SSSR count). The fourth-order valence-corrected chi connectivity index (χ4v) is 2.41. The number of methoxy groups -OCH3 is 2. The maximum absolute atomic E-state index is 5.89. The Morgan fingerprint density at radius 3 is 2.47 bits per heavy atom. The first-order valence-corrected chi connectivity index (χ1v) is 6.61. The molecule has 1 aliphatic rings. The van der Waals surface area contributed by atoms with Crippen molar-refractivity contribution in [2.75, 3.05) is 20.8 Å². The maximum atomic E-state index is 5.89. The molecular weight excluding hydrogens is 240 g/mol. The van der Waals surface area contributed by atoms with Crippen molar-refractivity contribution in [3.63, 3.8) is 0 Å². The summed E-state index contributed by atoms with van der Waals surface area (Å²) in [7, 11) is 3.29. The van der Waals surface area contributed by atoms with Gasteiger partial charge in [0, 0.05) is 18.6 Å². The number of rotatable bonds is 6. The summed E-state index contributed by atoms with van der Waals surface area (Å²) in [6.07, 6.45) is 6.56. The van der Waals surface area contributed by atoms with Crippen LogP contribution in [0, 0.1) is 0 Å². The smallest absolute Gasteiger partial charge is 0.161 e. The van der Waals surface area contributed by atoms with E-state index in [1.807, 2.05) is 18.2 Å². The molecular formula is C15H22N2O2. The zero-order valence-corrected chi connectivity index (χ0v) is 11.6. The van der Waals surface area contributed by atoms with Crippen LogP contribution in [0.2, 0.25) is 0 Å². The molecule has 0 saturated heterocycles. The summed E-state index contributed by atoms with van der Waals surface area (Å²) in [6, 6.07) is 6.58. The van der Waals surface area contributed by atoms with Gasteiger partial charge in [-0.05, 0) is 30.5 Å². The molecule has 3 N–H and O–H groups in total. The van der Waals surface area contributed by atoms with Crippen LogP contribution in [-0.2, 0) is 0 Å². The second-order valence-corrected chi connectivity index (χ2v) is 4.71. The van der Waals surface area contributed by atoms with Crippen molar-refractivity contribution in [2.45, 2.75) is 24.9 Å². The molecule has 1 atom stereocenters. The van der Waals surface area contributed by atoms with E-state index in [-0.39, 0.29) is 6.04 Å². The Bertz CT molecular complexity index is 438. The van der Waals surface area contributed by atoms with Crippen molar-refractivity contribution in [3.05, 3.63) is 35.9 Å². The van der Waals surface area contributed by atoms with Gasteiger partial charge in [-0.3, -0.25) is 0 Å². The minimum atomic E-state index is 0.143. The SMILES string of the molecule is COc1ccc(C(CN)NC2CC=CC2)cc1OC. The van der Waals surface area contributed by atoms with Crippen LogP contribution in [0.4, 0.5) is 0 Å². The van der Waals surface area contributed by atoms with E-state index in [1.54, 1.807) is 14.2 Å². The van der Waals surface area contributed by atoms with Crippen LogP contribution in [0.5, 0.6) is 11.5 Å². The minimum absolute atomic E-state index is 0.143. The van der Waals surface area contributed by atoms with Crippen molar-refractivity contribution >= 4 is 0 Å². The summed E-state index contributed by atoms with van der Waals surface area (Å²) in [5.74, 6) is 1.48. The average Bonchev–Trinajstić information content (AvgIpc) is 2.97. The number of nitrogens with one attached hydrogen (secondary N) is 1. The Morgan fingerprint density at radius 2 is 1.89 bits per heavy atom. The maximum Gasteiger partial charge on any atom is 0.161 e. The third kappa shape index (κ3) is 3.28. The van der Waals surface area contributed by atoms with E-state index in [0.29, 0.717) is 12.6 Å². The molecule has 0 fully saturated rings. The number of hydrogen-bond donors (Lipinski definition) is 2. The third-order valence-electron chi connectivity index (χ3n) is 3.49. The molecule has 0 spiro atoms. The summed E-state index contributed by atoms with van der Waals surface area (Å²) in [6.45, 7) is 0.561. The van der Waals surface area contributed by atoms with Crippen molar-refractivity contribution in [1.82, 2.24) is 5.32 Å². The molecule has 4 nitrogen and oxygen atoms in total. The Kier molecular flexibility index (Phi) is 4.82. The van der Waals surface area contributed by atoms with E-state index in [2.05, 4.69) is 17.5 Å². The average molecular weight is 262 g/mol. The summed E-state index contributed by atoms with van der Waals surface area (Å²) in [5.41, 5.74) is 7.02. The largest absolute Gasteiger partial charge is 0.493 e. The van der Waals surface area contributed by atoms with E-state index in [0.717, 1.165) is 29.9 Å². The monoisotopic (exact) mass is 262 g/mol. The molecule has 1 aliphatic carbocycles. The van der Waals surface area contributed by atoms with Crippen LogP contribution < -0.4 is 20.5 Å². The van der Waals surface area contributed by atoms with Crippen LogP contribution in [0.3, 0.4) is 0 Å². The van der Waals surface area contributed by atoms with Gasteiger partial charge in [0.1, 0.15) is 0 Å². The summed E-state index contributed by atoms with van der Waals surface area (Å²) >= 11 is 0. The van der Waals surface area contributed by atoms with Gasteiger partial charge in [0.2, 0.25) is 0 Å². The Labute approximate surface area is 114 Å². The van der Waals surface area contributed by atoms with E-state index in [4.69, 9.17) is 15.2 Å². The molecule has 4 heteroatoms. The standard InChI is InChI=1S/C15H22N2O2/c1-18-14-8-7-11(9-15(14)19-2)13(10-16)17-12-5-3-4-6-12/h3-4,7-9,12-13,17H,5-6,10,16H2,1-2H3. The van der Waals surface area contributed by atoms with Crippen LogP contribution in [0.1, 0.15) is 24.4 Å². The number of hydrogen-bond acceptors (Lipinski definition) is 4. The molecule has 0 heterocycles. The Hall–Kier alpha value is -1.52. The lowest BCUT2D eigenvalue weighted by Crippen LogP contribution is -2.35. The zero-order chi connectivity index (χ0) is 13.7. The lowest BCUT2D eigenvalue weighted by atomic mass is 10.0. The van der Waals surface area contributed by atoms with Crippen LogP contribution >= 0.6 is 0 Å². The minimum Gasteiger partial charge on any atom is -0.493 e. The highest BCUT2D eigenvalue weighted by Crippen LogP contribution is 2.30. The summed E-state index contributed by atoms with van der Waals surface area (Å²) in [5, 5.41) is 3.59. The quantitative estimate of drug-likeness (QED) is 0.770. The first kappa shape index (κ1) is 13.9. The zero-order valence-electron chi connectivity index (χ0n) is 11.6. The fraction of sp³-hybridized carbons (Fsp3) is 0.467. The third-order valence-corrected chi connectivity index (χ3v) is 3.49. The number of ether oxygens (including phenoxy) is 2. The van der Waals surface area contributed by atoms with Gasteiger partial charge in [-0.15, -0.1) is 0 Å². The van der Waals surface area contributed by atoms with Gasteiger partial charge in [-0.25, -0.2) is 0 Å². The molecule has 0 saturated carbocycles. The molecule has 0 aromatic heterocycles. The highest BCUT2D eigenvalue weighted by atomic mass is 16.5. The topological polar surface area (TPSA) is 56.5 Å². The first-order chi connectivity index (χ1) is 9.28. The van der Waals surface area contributed by atoms with Gasteiger partial charge in [0.05, 0.1) is 14.2 Å². The van der Waals surface area contributed by atoms with Gasteiger partial charge >= 0.3 is 0 Å². The lowest BCUT2D eigenvalue weighted by molar-refractivity contribution is 0.353. The van der Waals surface area contributed by atoms with Gasteiger partial charge in [0.25, 0.3) is 0 Å². The molecule has 1 aromatic rings. The van der Waals surface area contributed by atoms with E-state index < -0.39 is 0 Å². The van der Waals surface area contributed by atoms with E-state index in [1.165, 1.54) is 0 Å². The molecule has 1 unspecified atom stereocenters. The van der Waals surface area contributed by atoms with Gasteiger partial charge < -0.3 is 20.5 Å². The Balaban J connectivity index is 2.13. The summed E-state index contributed by atoms with van der Waals surface area (Å²) < 4.78 is 10.6. The predicted octanol–water partition coefficient (Wildman–Crippen LogP) is 2.01. The van der Waals surface area contributed by atoms with Crippen LogP contribution in [0.15, 0.2) is 30.4 Å². The Morgan fingerprint density at radius 1 is 1.21 bits per heavy atom. The normalized spacial score (nSPS) is 16.6. The fourth-order valence-electron chi connectivity index (χ4n) is 2.41. The second-order valence-electron chi connectivity index (χ2n) is 4.71. The molecule has 104 valence electrons. The molecule has 0 bridgehead atoms. The van der Waals surface area contributed by atoms with E-state index >= 15 is 0 Å². The molecule has 0 radical (unpaired) electrons. The first-order valence-electron chi connectivity index (χ1n) is 6.61. The van der Waals surface area contributed by atoms with Crippen molar-refractivity contribution in [2.24, 2.45) is 5.73 Å². The van der Waals surface area contributed by atoms with Crippen LogP contribution in [0.25, 0.3) is 0 Å². The predicted molar refractivity (Wildman–Crippen MR) is 76.6 cm³/mol. The highest BCUT2D eigenvalue weighted by Gasteiger charge is 2.18. The molecule has 19 heavy (non-hydrogen) atoms. The molecule has 0 aliphatic heterocycles. The van der Waals surface area contributed by atoms with Crippen molar-refractivity contribution < 1.29 is 9.47 Å². The highest BCUT2D eigenvalue weighted by molar-refractivity contribution is 5.43. The van der Waals surface area contributed by atoms with Gasteiger partial charge in [-0.1, -0.05) is 18.2 Å². The second kappa shape index (κ2) is 6.59.